The first-order valence-corrected chi connectivity index (χ1v) is 9.11. The molecule has 2 aromatic rings. The molecule has 0 atom stereocenters. The Labute approximate surface area is 148 Å². The number of nitrogens with zero attached hydrogens (tertiary/aromatic N) is 3. The Kier molecular flexibility index (Phi) is 5.21. The van der Waals surface area contributed by atoms with E-state index in [2.05, 4.69) is 12.0 Å². The minimum Gasteiger partial charge on any atom is -0.293 e. The Morgan fingerprint density at radius 1 is 1.20 bits per heavy atom. The second kappa shape index (κ2) is 7.38. The molecule has 1 aromatic carbocycles. The maximum absolute atomic E-state index is 14.0. The van der Waals surface area contributed by atoms with E-state index in [1.165, 1.54) is 10.7 Å². The molecule has 0 aliphatic heterocycles. The summed E-state index contributed by atoms with van der Waals surface area (Å²) < 4.78 is 15.5. The van der Waals surface area contributed by atoms with Crippen molar-refractivity contribution in [3.63, 3.8) is 0 Å². The van der Waals surface area contributed by atoms with E-state index in [0.717, 1.165) is 25.7 Å². The SMILES string of the molecule is CC1CCC(C(=O)N(c2ccn(-c3ccccc3F)n2)C(C)C)CC1. The van der Waals surface area contributed by atoms with E-state index in [4.69, 9.17) is 0 Å². The molecule has 25 heavy (non-hydrogen) atoms. The first-order chi connectivity index (χ1) is 12.0. The monoisotopic (exact) mass is 343 g/mol. The molecule has 1 saturated carbocycles. The summed E-state index contributed by atoms with van der Waals surface area (Å²) in [6.07, 6.45) is 5.80. The fourth-order valence-corrected chi connectivity index (χ4v) is 3.55. The van der Waals surface area contributed by atoms with Crippen molar-refractivity contribution >= 4 is 11.7 Å². The molecule has 1 aliphatic carbocycles. The zero-order chi connectivity index (χ0) is 18.0. The molecule has 5 heteroatoms. The van der Waals surface area contributed by atoms with Crippen LogP contribution in [-0.4, -0.2) is 21.7 Å². The summed E-state index contributed by atoms with van der Waals surface area (Å²) in [5.74, 6) is 1.16. The molecule has 0 radical (unpaired) electrons. The van der Waals surface area contributed by atoms with E-state index >= 15 is 0 Å². The molecule has 4 nitrogen and oxygen atoms in total. The normalized spacial score (nSPS) is 20.7. The van der Waals surface area contributed by atoms with E-state index in [0.29, 0.717) is 17.4 Å². The van der Waals surface area contributed by atoms with Gasteiger partial charge in [0.1, 0.15) is 11.5 Å². The Hall–Kier alpha value is -2.17. The lowest BCUT2D eigenvalue weighted by molar-refractivity contribution is -0.123. The molecule has 1 amide bonds. The van der Waals surface area contributed by atoms with Gasteiger partial charge in [0, 0.05) is 24.2 Å². The van der Waals surface area contributed by atoms with Gasteiger partial charge in [0.05, 0.1) is 0 Å². The molecule has 0 bridgehead atoms. The zero-order valence-electron chi connectivity index (χ0n) is 15.2. The van der Waals surface area contributed by atoms with Crippen molar-refractivity contribution in [1.82, 2.24) is 9.78 Å². The van der Waals surface area contributed by atoms with Crippen molar-refractivity contribution in [1.29, 1.82) is 0 Å². The zero-order valence-corrected chi connectivity index (χ0v) is 15.2. The van der Waals surface area contributed by atoms with Crippen LogP contribution in [-0.2, 0) is 4.79 Å². The highest BCUT2D eigenvalue weighted by Crippen LogP contribution is 2.31. The molecule has 1 aliphatic rings. The molecule has 0 spiro atoms. The van der Waals surface area contributed by atoms with Gasteiger partial charge in [0.2, 0.25) is 5.91 Å². The predicted octanol–water partition coefficient (Wildman–Crippen LogP) is 4.58. The molecule has 0 unspecified atom stereocenters. The Bertz CT molecular complexity index is 732. The topological polar surface area (TPSA) is 38.1 Å². The number of rotatable bonds is 4. The Morgan fingerprint density at radius 2 is 1.88 bits per heavy atom. The smallest absolute Gasteiger partial charge is 0.231 e. The minimum atomic E-state index is -0.333. The third-order valence-electron chi connectivity index (χ3n) is 5.04. The standard InChI is InChI=1S/C20H26FN3O/c1-14(2)24(20(25)16-10-8-15(3)9-11-16)19-12-13-23(22-19)18-7-5-4-6-17(18)21/h4-7,12-16H,8-11H2,1-3H3. The van der Waals surface area contributed by atoms with Gasteiger partial charge >= 0.3 is 0 Å². The summed E-state index contributed by atoms with van der Waals surface area (Å²) in [5.41, 5.74) is 0.386. The van der Waals surface area contributed by atoms with Crippen LogP contribution >= 0.6 is 0 Å². The average Bonchev–Trinajstić information content (AvgIpc) is 3.05. The number of halogens is 1. The van der Waals surface area contributed by atoms with Crippen LogP contribution in [0, 0.1) is 17.7 Å². The highest BCUT2D eigenvalue weighted by atomic mass is 19.1. The lowest BCUT2D eigenvalue weighted by Crippen LogP contribution is -2.42. The van der Waals surface area contributed by atoms with Crippen molar-refractivity contribution in [2.24, 2.45) is 11.8 Å². The van der Waals surface area contributed by atoms with Crippen molar-refractivity contribution in [2.75, 3.05) is 4.90 Å². The number of carbonyl (C=O) groups excluding carboxylic acids is 1. The number of hydrogen-bond donors (Lipinski definition) is 0. The van der Waals surface area contributed by atoms with Gasteiger partial charge in [-0.15, -0.1) is 5.10 Å². The number of aromatic nitrogens is 2. The van der Waals surface area contributed by atoms with E-state index in [1.807, 2.05) is 13.8 Å². The van der Waals surface area contributed by atoms with Crippen LogP contribution < -0.4 is 4.90 Å². The Morgan fingerprint density at radius 3 is 2.52 bits per heavy atom. The minimum absolute atomic E-state index is 0.0100. The summed E-state index contributed by atoms with van der Waals surface area (Å²) in [4.78, 5) is 14.8. The summed E-state index contributed by atoms with van der Waals surface area (Å²) >= 11 is 0. The van der Waals surface area contributed by atoms with Gasteiger partial charge in [-0.05, 0) is 57.6 Å². The molecule has 1 heterocycles. The molecule has 0 saturated heterocycles. The summed E-state index contributed by atoms with van der Waals surface area (Å²) in [6.45, 7) is 6.23. The molecule has 134 valence electrons. The van der Waals surface area contributed by atoms with Crippen LogP contribution in [0.2, 0.25) is 0 Å². The van der Waals surface area contributed by atoms with Crippen LogP contribution in [0.5, 0.6) is 0 Å². The van der Waals surface area contributed by atoms with E-state index in [1.54, 1.807) is 35.4 Å². The van der Waals surface area contributed by atoms with Gasteiger partial charge in [-0.3, -0.25) is 9.69 Å². The van der Waals surface area contributed by atoms with E-state index in [-0.39, 0.29) is 23.7 Å². The first kappa shape index (κ1) is 17.6. The molecular formula is C20H26FN3O. The van der Waals surface area contributed by atoms with Crippen LogP contribution in [0.15, 0.2) is 36.5 Å². The quantitative estimate of drug-likeness (QED) is 0.815. The fraction of sp³-hybridized carbons (Fsp3) is 0.500. The van der Waals surface area contributed by atoms with Gasteiger partial charge in [0.25, 0.3) is 0 Å². The number of para-hydroxylation sites is 1. The molecular weight excluding hydrogens is 317 g/mol. The number of amides is 1. The van der Waals surface area contributed by atoms with Gasteiger partial charge < -0.3 is 0 Å². The highest BCUT2D eigenvalue weighted by molar-refractivity contribution is 5.94. The average molecular weight is 343 g/mol. The van der Waals surface area contributed by atoms with Crippen molar-refractivity contribution in [2.45, 2.75) is 52.5 Å². The number of benzene rings is 1. The summed E-state index contributed by atoms with van der Waals surface area (Å²) in [7, 11) is 0. The third-order valence-corrected chi connectivity index (χ3v) is 5.04. The maximum Gasteiger partial charge on any atom is 0.231 e. The Balaban J connectivity index is 1.84. The maximum atomic E-state index is 14.0. The van der Waals surface area contributed by atoms with Crippen LogP contribution in [0.4, 0.5) is 10.2 Å². The molecule has 3 rings (SSSR count). The molecule has 1 fully saturated rings. The van der Waals surface area contributed by atoms with E-state index < -0.39 is 0 Å². The van der Waals surface area contributed by atoms with E-state index in [9.17, 15) is 9.18 Å². The number of carbonyl (C=O) groups is 1. The summed E-state index contributed by atoms with van der Waals surface area (Å²) in [6, 6.07) is 8.30. The predicted molar refractivity (Wildman–Crippen MR) is 97.3 cm³/mol. The lowest BCUT2D eigenvalue weighted by atomic mass is 9.82. The van der Waals surface area contributed by atoms with Crippen LogP contribution in [0.3, 0.4) is 0 Å². The number of anilines is 1. The fourth-order valence-electron chi connectivity index (χ4n) is 3.55. The van der Waals surface area contributed by atoms with Gasteiger partial charge in [0.15, 0.2) is 5.82 Å². The van der Waals surface area contributed by atoms with Crippen LogP contribution in [0.1, 0.15) is 46.5 Å². The number of hydrogen-bond acceptors (Lipinski definition) is 2. The van der Waals surface area contributed by atoms with Crippen molar-refractivity contribution in [3.8, 4) is 5.69 Å². The van der Waals surface area contributed by atoms with Gasteiger partial charge in [-0.25, -0.2) is 9.07 Å². The van der Waals surface area contributed by atoms with Crippen molar-refractivity contribution < 1.29 is 9.18 Å². The second-order valence-electron chi connectivity index (χ2n) is 7.33. The summed E-state index contributed by atoms with van der Waals surface area (Å²) in [5, 5.41) is 4.48. The van der Waals surface area contributed by atoms with Crippen molar-refractivity contribution in [3.05, 3.63) is 42.3 Å². The largest absolute Gasteiger partial charge is 0.293 e. The second-order valence-corrected chi connectivity index (χ2v) is 7.33. The van der Waals surface area contributed by atoms with Crippen LogP contribution in [0.25, 0.3) is 5.69 Å². The first-order valence-electron chi connectivity index (χ1n) is 9.11. The highest BCUT2D eigenvalue weighted by Gasteiger charge is 2.31. The third kappa shape index (κ3) is 3.75. The van der Waals surface area contributed by atoms with Gasteiger partial charge in [-0.1, -0.05) is 19.1 Å². The lowest BCUT2D eigenvalue weighted by Gasteiger charge is -2.32. The molecule has 0 N–H and O–H groups in total. The molecule has 1 aromatic heterocycles. The van der Waals surface area contributed by atoms with Gasteiger partial charge in [-0.2, -0.15) is 0 Å².